The molecule has 3 N–H and O–H groups in total. The Labute approximate surface area is 135 Å². The molecule has 1 aromatic carbocycles. The Morgan fingerprint density at radius 1 is 1.32 bits per heavy atom. The van der Waals surface area contributed by atoms with E-state index in [0.717, 1.165) is 0 Å². The molecule has 116 valence electrons. The van der Waals surface area contributed by atoms with Crippen molar-refractivity contribution in [1.29, 1.82) is 0 Å². The maximum atomic E-state index is 12.6. The van der Waals surface area contributed by atoms with E-state index in [4.69, 9.17) is 5.11 Å². The molecule has 0 spiro atoms. The number of aliphatic carboxylic acids is 1. The first-order valence-electron chi connectivity index (χ1n) is 6.44. The number of benzene rings is 1. The molecule has 1 aliphatic carbocycles. The lowest BCUT2D eigenvalue weighted by atomic mass is 9.71. The van der Waals surface area contributed by atoms with Crippen molar-refractivity contribution in [2.75, 3.05) is 6.54 Å². The van der Waals surface area contributed by atoms with Gasteiger partial charge in [-0.3, -0.25) is 14.4 Å². The van der Waals surface area contributed by atoms with Gasteiger partial charge in [0, 0.05) is 10.0 Å². The maximum Gasteiger partial charge on any atom is 0.322 e. The van der Waals surface area contributed by atoms with E-state index in [9.17, 15) is 19.5 Å². The first-order chi connectivity index (χ1) is 10.2. The average Bonchev–Trinajstić information content (AvgIpc) is 2.43. The fraction of sp³-hybridized carbons (Fsp3) is 0.267. The first kappa shape index (κ1) is 16.2. The van der Waals surface area contributed by atoms with Crippen LogP contribution in [0.5, 0.6) is 0 Å². The number of aliphatic hydroxyl groups is 1. The predicted octanol–water partition coefficient (Wildman–Crippen LogP) is 1.78. The Kier molecular flexibility index (Phi) is 4.10. The van der Waals surface area contributed by atoms with Crippen LogP contribution < -0.4 is 5.32 Å². The van der Waals surface area contributed by atoms with Crippen molar-refractivity contribution < 1.29 is 24.6 Å². The van der Waals surface area contributed by atoms with Gasteiger partial charge in [-0.15, -0.1) is 0 Å². The number of fused-ring (bicyclic) bond motifs is 1. The summed E-state index contributed by atoms with van der Waals surface area (Å²) in [4.78, 5) is 35.2. The van der Waals surface area contributed by atoms with E-state index in [0.29, 0.717) is 15.6 Å². The standard InChI is InChI=1S/C15H14BrNO5/c1-15(2)9-4-3-7(16)5-8(9)12(20)11(13(15)21)14(22)17-6-10(18)19/h3-5,20H,6H2,1-2H3,(H,17,22)(H,18,19). The quantitative estimate of drug-likeness (QED) is 0.706. The number of hydrogen-bond acceptors (Lipinski definition) is 4. The number of rotatable bonds is 3. The van der Waals surface area contributed by atoms with Crippen molar-refractivity contribution in [3.8, 4) is 0 Å². The first-order valence-corrected chi connectivity index (χ1v) is 7.24. The van der Waals surface area contributed by atoms with Crippen LogP contribution >= 0.6 is 15.9 Å². The van der Waals surface area contributed by atoms with Crippen LogP contribution in [0, 0.1) is 0 Å². The highest BCUT2D eigenvalue weighted by molar-refractivity contribution is 9.10. The van der Waals surface area contributed by atoms with Crippen molar-refractivity contribution in [1.82, 2.24) is 5.32 Å². The minimum absolute atomic E-state index is 0.374. The van der Waals surface area contributed by atoms with Gasteiger partial charge in [0.15, 0.2) is 5.78 Å². The third-order valence-electron chi connectivity index (χ3n) is 3.57. The molecule has 0 fully saturated rings. The number of nitrogens with one attached hydrogen (secondary N) is 1. The largest absolute Gasteiger partial charge is 0.506 e. The molecule has 0 saturated carbocycles. The van der Waals surface area contributed by atoms with Gasteiger partial charge in [0.2, 0.25) is 0 Å². The summed E-state index contributed by atoms with van der Waals surface area (Å²) in [6.45, 7) is 2.67. The normalized spacial score (nSPS) is 16.2. The van der Waals surface area contributed by atoms with Crippen molar-refractivity contribution in [2.24, 2.45) is 0 Å². The Morgan fingerprint density at radius 3 is 2.55 bits per heavy atom. The molecule has 6 nitrogen and oxygen atoms in total. The van der Waals surface area contributed by atoms with Crippen LogP contribution in [0.15, 0.2) is 28.2 Å². The van der Waals surface area contributed by atoms with Crippen LogP contribution in [-0.2, 0) is 19.8 Å². The van der Waals surface area contributed by atoms with E-state index in [1.165, 1.54) is 0 Å². The zero-order chi connectivity index (χ0) is 16.7. The SMILES string of the molecule is CC1(C)C(=O)C(C(=O)NCC(=O)O)=C(O)c2cc(Br)ccc21. The number of carbonyl (C=O) groups excluding carboxylic acids is 2. The van der Waals surface area contributed by atoms with E-state index < -0.39 is 41.0 Å². The van der Waals surface area contributed by atoms with Crippen LogP contribution in [0.2, 0.25) is 0 Å². The van der Waals surface area contributed by atoms with Crippen molar-refractivity contribution in [3.05, 3.63) is 39.4 Å². The number of carboxylic acid groups (broad SMARTS) is 1. The topological polar surface area (TPSA) is 104 Å². The smallest absolute Gasteiger partial charge is 0.322 e. The Balaban J connectivity index is 2.57. The molecule has 1 aliphatic rings. The summed E-state index contributed by atoms with van der Waals surface area (Å²) in [5, 5.41) is 21.0. The highest BCUT2D eigenvalue weighted by atomic mass is 79.9. The van der Waals surface area contributed by atoms with E-state index >= 15 is 0 Å². The molecule has 0 bridgehead atoms. The summed E-state index contributed by atoms with van der Waals surface area (Å²) < 4.78 is 0.688. The Bertz CT molecular complexity index is 721. The molecule has 0 saturated heterocycles. The van der Waals surface area contributed by atoms with Crippen LogP contribution in [0.1, 0.15) is 25.0 Å². The molecule has 22 heavy (non-hydrogen) atoms. The monoisotopic (exact) mass is 367 g/mol. The van der Waals surface area contributed by atoms with Crippen LogP contribution in [0.4, 0.5) is 0 Å². The average molecular weight is 368 g/mol. The van der Waals surface area contributed by atoms with Crippen molar-refractivity contribution in [3.63, 3.8) is 0 Å². The third-order valence-corrected chi connectivity index (χ3v) is 4.06. The summed E-state index contributed by atoms with van der Waals surface area (Å²) in [5.41, 5.74) is -0.442. The number of ketones is 1. The zero-order valence-electron chi connectivity index (χ0n) is 11.9. The molecular weight excluding hydrogens is 354 g/mol. The van der Waals surface area contributed by atoms with Crippen LogP contribution in [-0.4, -0.2) is 34.4 Å². The highest BCUT2D eigenvalue weighted by Gasteiger charge is 2.43. The van der Waals surface area contributed by atoms with Crippen molar-refractivity contribution >= 4 is 39.3 Å². The predicted molar refractivity (Wildman–Crippen MR) is 82.4 cm³/mol. The summed E-state index contributed by atoms with van der Waals surface area (Å²) in [5.74, 6) is -3.13. The number of amides is 1. The Hall–Kier alpha value is -2.15. The summed E-state index contributed by atoms with van der Waals surface area (Å²) in [6.07, 6.45) is 0. The lowest BCUT2D eigenvalue weighted by Gasteiger charge is -2.31. The number of halogens is 1. The summed E-state index contributed by atoms with van der Waals surface area (Å²) in [6, 6.07) is 5.07. The molecule has 0 aromatic heterocycles. The molecule has 1 aromatic rings. The molecule has 0 unspecified atom stereocenters. The van der Waals surface area contributed by atoms with Gasteiger partial charge in [-0.1, -0.05) is 22.0 Å². The van der Waals surface area contributed by atoms with Gasteiger partial charge in [0.25, 0.3) is 5.91 Å². The fourth-order valence-electron chi connectivity index (χ4n) is 2.39. The Morgan fingerprint density at radius 2 is 1.95 bits per heavy atom. The van der Waals surface area contributed by atoms with E-state index in [1.54, 1.807) is 32.0 Å². The number of aliphatic hydroxyl groups excluding tert-OH is 1. The van der Waals surface area contributed by atoms with Gasteiger partial charge >= 0.3 is 5.97 Å². The second-order valence-corrected chi connectivity index (χ2v) is 6.36. The lowest BCUT2D eigenvalue weighted by molar-refractivity contribution is -0.138. The van der Waals surface area contributed by atoms with Gasteiger partial charge in [-0.05, 0) is 31.5 Å². The minimum Gasteiger partial charge on any atom is -0.506 e. The highest BCUT2D eigenvalue weighted by Crippen LogP contribution is 2.40. The maximum absolute atomic E-state index is 12.6. The molecule has 0 aliphatic heterocycles. The molecule has 0 heterocycles. The lowest BCUT2D eigenvalue weighted by Crippen LogP contribution is -2.42. The van der Waals surface area contributed by atoms with Crippen LogP contribution in [0.3, 0.4) is 0 Å². The molecular formula is C15H14BrNO5. The van der Waals surface area contributed by atoms with Gasteiger partial charge in [-0.2, -0.15) is 0 Å². The molecule has 2 rings (SSSR count). The summed E-state index contributed by atoms with van der Waals surface area (Å²) in [7, 11) is 0. The van der Waals surface area contributed by atoms with E-state index in [1.807, 2.05) is 0 Å². The fourth-order valence-corrected chi connectivity index (χ4v) is 2.75. The summed E-state index contributed by atoms with van der Waals surface area (Å²) >= 11 is 3.28. The zero-order valence-corrected chi connectivity index (χ0v) is 13.5. The van der Waals surface area contributed by atoms with Gasteiger partial charge in [-0.25, -0.2) is 0 Å². The van der Waals surface area contributed by atoms with Gasteiger partial charge < -0.3 is 15.5 Å². The van der Waals surface area contributed by atoms with Crippen LogP contribution in [0.25, 0.3) is 5.76 Å². The third kappa shape index (κ3) is 2.64. The van der Waals surface area contributed by atoms with E-state index in [-0.39, 0.29) is 0 Å². The minimum atomic E-state index is -1.24. The number of carboxylic acids is 1. The van der Waals surface area contributed by atoms with Gasteiger partial charge in [0.1, 0.15) is 17.9 Å². The second-order valence-electron chi connectivity index (χ2n) is 5.44. The second kappa shape index (κ2) is 5.57. The molecule has 0 atom stereocenters. The van der Waals surface area contributed by atoms with Gasteiger partial charge in [0.05, 0.1) is 5.41 Å². The molecule has 7 heteroatoms. The number of Topliss-reactive ketones (excluding diaryl/α,β-unsaturated/α-hetero) is 1. The van der Waals surface area contributed by atoms with E-state index in [2.05, 4.69) is 21.2 Å². The van der Waals surface area contributed by atoms with Crippen molar-refractivity contribution in [2.45, 2.75) is 19.3 Å². The molecule has 0 radical (unpaired) electrons. The number of hydrogen-bond donors (Lipinski definition) is 3. The molecule has 1 amide bonds. The number of carbonyl (C=O) groups is 3.